The van der Waals surface area contributed by atoms with Gasteiger partial charge in [0.2, 0.25) is 0 Å². The number of aromatic nitrogens is 2. The van der Waals surface area contributed by atoms with Crippen molar-refractivity contribution in [1.82, 2.24) is 9.59 Å². The highest BCUT2D eigenvalue weighted by Crippen LogP contribution is 2.31. The second kappa shape index (κ2) is 5.14. The quantitative estimate of drug-likeness (QED) is 0.909. The molecular formula is C12H11ClN4OS. The van der Waals surface area contributed by atoms with Crippen LogP contribution in [-0.4, -0.2) is 21.5 Å². The minimum Gasteiger partial charge on any atom is -0.381 e. The van der Waals surface area contributed by atoms with Crippen molar-refractivity contribution in [3.63, 3.8) is 0 Å². The van der Waals surface area contributed by atoms with E-state index in [0.717, 1.165) is 30.1 Å². The summed E-state index contributed by atoms with van der Waals surface area (Å²) in [4.78, 5) is 12.0. The van der Waals surface area contributed by atoms with Crippen LogP contribution in [0.1, 0.15) is 23.3 Å². The van der Waals surface area contributed by atoms with Gasteiger partial charge in [0, 0.05) is 16.4 Å². The number of halogens is 1. The first-order valence-electron chi connectivity index (χ1n) is 5.87. The van der Waals surface area contributed by atoms with Gasteiger partial charge in [0.15, 0.2) is 5.69 Å². The van der Waals surface area contributed by atoms with E-state index < -0.39 is 0 Å². The van der Waals surface area contributed by atoms with Gasteiger partial charge in [-0.1, -0.05) is 16.1 Å². The Balaban J connectivity index is 1.81. The van der Waals surface area contributed by atoms with Gasteiger partial charge in [-0.2, -0.15) is 0 Å². The van der Waals surface area contributed by atoms with Crippen LogP contribution in [0.5, 0.6) is 0 Å². The second-order valence-corrected chi connectivity index (χ2v) is 5.40. The van der Waals surface area contributed by atoms with Gasteiger partial charge in [0.1, 0.15) is 0 Å². The molecule has 0 unspecified atom stereocenters. The van der Waals surface area contributed by atoms with Gasteiger partial charge >= 0.3 is 0 Å². The lowest BCUT2D eigenvalue weighted by Gasteiger charge is -2.12. The summed E-state index contributed by atoms with van der Waals surface area (Å²) in [5, 5.41) is 12.1. The molecule has 1 heterocycles. The Morgan fingerprint density at radius 2 is 2.21 bits per heavy atom. The van der Waals surface area contributed by atoms with Crippen molar-refractivity contribution >= 4 is 40.4 Å². The molecule has 1 amide bonds. The second-order valence-electron chi connectivity index (χ2n) is 4.35. The number of anilines is 2. The molecule has 5 nitrogen and oxygen atoms in total. The van der Waals surface area contributed by atoms with Crippen LogP contribution < -0.4 is 10.6 Å². The van der Waals surface area contributed by atoms with Crippen molar-refractivity contribution in [1.29, 1.82) is 0 Å². The van der Waals surface area contributed by atoms with E-state index in [1.807, 2.05) is 6.07 Å². The third-order valence-electron chi connectivity index (χ3n) is 2.76. The summed E-state index contributed by atoms with van der Waals surface area (Å²) in [6.07, 6.45) is 2.32. The van der Waals surface area contributed by atoms with Crippen molar-refractivity contribution < 1.29 is 4.79 Å². The van der Waals surface area contributed by atoms with Gasteiger partial charge in [0.05, 0.1) is 11.4 Å². The highest BCUT2D eigenvalue weighted by Gasteiger charge is 2.22. The van der Waals surface area contributed by atoms with Crippen molar-refractivity contribution in [3.05, 3.63) is 34.3 Å². The number of nitrogens with zero attached hydrogens (tertiary/aromatic N) is 2. The highest BCUT2D eigenvalue weighted by atomic mass is 35.5. The Morgan fingerprint density at radius 1 is 1.37 bits per heavy atom. The van der Waals surface area contributed by atoms with Crippen LogP contribution in [0.3, 0.4) is 0 Å². The van der Waals surface area contributed by atoms with Crippen molar-refractivity contribution in [2.45, 2.75) is 18.9 Å². The fraction of sp³-hybridized carbons (Fsp3) is 0.250. The molecule has 1 aromatic carbocycles. The van der Waals surface area contributed by atoms with Crippen LogP contribution in [0.25, 0.3) is 0 Å². The van der Waals surface area contributed by atoms with Crippen molar-refractivity contribution in [3.8, 4) is 0 Å². The molecule has 0 atom stereocenters. The maximum absolute atomic E-state index is 12.0. The smallest absolute Gasteiger partial charge is 0.277 e. The Morgan fingerprint density at radius 3 is 2.89 bits per heavy atom. The summed E-state index contributed by atoms with van der Waals surface area (Å²) >= 11 is 7.12. The zero-order valence-corrected chi connectivity index (χ0v) is 11.5. The van der Waals surface area contributed by atoms with Gasteiger partial charge in [-0.15, -0.1) is 5.10 Å². The minimum atomic E-state index is -0.283. The molecule has 98 valence electrons. The third kappa shape index (κ3) is 3.02. The fourth-order valence-corrected chi connectivity index (χ4v) is 2.25. The zero-order chi connectivity index (χ0) is 13.2. The van der Waals surface area contributed by atoms with Gasteiger partial charge in [-0.25, -0.2) is 0 Å². The summed E-state index contributed by atoms with van der Waals surface area (Å²) in [6.45, 7) is 0. The lowest BCUT2D eigenvalue weighted by atomic mass is 10.2. The zero-order valence-electron chi connectivity index (χ0n) is 9.89. The van der Waals surface area contributed by atoms with E-state index in [1.54, 1.807) is 17.5 Å². The molecule has 1 fully saturated rings. The van der Waals surface area contributed by atoms with Crippen LogP contribution in [-0.2, 0) is 0 Å². The van der Waals surface area contributed by atoms with Crippen LogP contribution in [0.15, 0.2) is 23.6 Å². The predicted molar refractivity (Wildman–Crippen MR) is 76.0 cm³/mol. The summed E-state index contributed by atoms with van der Waals surface area (Å²) < 4.78 is 3.67. The largest absolute Gasteiger partial charge is 0.381 e. The predicted octanol–water partition coefficient (Wildman–Crippen LogP) is 3.02. The first-order valence-corrected chi connectivity index (χ1v) is 7.08. The maximum atomic E-state index is 12.0. The number of rotatable bonds is 4. The third-order valence-corrected chi connectivity index (χ3v) is 3.50. The molecule has 0 saturated heterocycles. The van der Waals surface area contributed by atoms with E-state index in [2.05, 4.69) is 20.2 Å². The number of amides is 1. The van der Waals surface area contributed by atoms with E-state index in [4.69, 9.17) is 11.6 Å². The van der Waals surface area contributed by atoms with Gasteiger partial charge in [0.25, 0.3) is 5.91 Å². The first kappa shape index (κ1) is 12.4. The average molecular weight is 295 g/mol. The minimum absolute atomic E-state index is 0.283. The van der Waals surface area contributed by atoms with Crippen molar-refractivity contribution in [2.75, 3.05) is 10.6 Å². The van der Waals surface area contributed by atoms with Crippen LogP contribution >= 0.6 is 23.1 Å². The van der Waals surface area contributed by atoms with E-state index in [0.29, 0.717) is 22.4 Å². The molecule has 1 aromatic heterocycles. The van der Waals surface area contributed by atoms with Crippen LogP contribution in [0, 0.1) is 0 Å². The van der Waals surface area contributed by atoms with E-state index in [-0.39, 0.29) is 5.91 Å². The molecular weight excluding hydrogens is 284 g/mol. The number of nitrogens with one attached hydrogen (secondary N) is 2. The van der Waals surface area contributed by atoms with E-state index in [1.165, 1.54) is 0 Å². The molecule has 2 aromatic rings. The van der Waals surface area contributed by atoms with Gasteiger partial charge in [-0.3, -0.25) is 4.79 Å². The molecule has 0 radical (unpaired) electrons. The maximum Gasteiger partial charge on any atom is 0.277 e. The Hall–Kier alpha value is -1.66. The molecule has 3 rings (SSSR count). The lowest BCUT2D eigenvalue weighted by Crippen LogP contribution is -2.14. The van der Waals surface area contributed by atoms with Gasteiger partial charge < -0.3 is 10.6 Å². The normalized spacial score (nSPS) is 14.2. The summed E-state index contributed by atoms with van der Waals surface area (Å²) in [5.41, 5.74) is 1.85. The number of hydrogen-bond donors (Lipinski definition) is 2. The van der Waals surface area contributed by atoms with Gasteiger partial charge in [-0.05, 0) is 42.6 Å². The van der Waals surface area contributed by atoms with Crippen molar-refractivity contribution in [2.24, 2.45) is 0 Å². The fourth-order valence-electron chi connectivity index (χ4n) is 1.64. The molecule has 7 heteroatoms. The van der Waals surface area contributed by atoms with E-state index >= 15 is 0 Å². The Bertz CT molecular complexity index is 598. The molecule has 0 aliphatic heterocycles. The van der Waals surface area contributed by atoms with E-state index in [9.17, 15) is 4.79 Å². The Kier molecular flexibility index (Phi) is 3.35. The molecule has 1 saturated carbocycles. The number of hydrogen-bond acceptors (Lipinski definition) is 5. The topological polar surface area (TPSA) is 66.9 Å². The molecule has 0 spiro atoms. The number of carbonyl (C=O) groups excluding carboxylic acids is 1. The molecule has 2 N–H and O–H groups in total. The standard InChI is InChI=1S/C12H11ClN4OS/c13-7-1-4-9(14-8-2-3-8)10(5-7)15-12(18)11-6-19-17-16-11/h1,4-6,8,14H,2-3H2,(H,15,18). The molecule has 0 bridgehead atoms. The summed E-state index contributed by atoms with van der Waals surface area (Å²) in [7, 11) is 0. The van der Waals surface area contributed by atoms with Crippen LogP contribution in [0.4, 0.5) is 11.4 Å². The Labute approximate surface area is 119 Å². The number of benzene rings is 1. The monoisotopic (exact) mass is 294 g/mol. The molecule has 1 aliphatic carbocycles. The highest BCUT2D eigenvalue weighted by molar-refractivity contribution is 7.03. The molecule has 19 heavy (non-hydrogen) atoms. The first-order chi connectivity index (χ1) is 9.22. The molecule has 1 aliphatic rings. The lowest BCUT2D eigenvalue weighted by molar-refractivity contribution is 0.102. The van der Waals surface area contributed by atoms with Crippen LogP contribution in [0.2, 0.25) is 5.02 Å². The summed E-state index contributed by atoms with van der Waals surface area (Å²) in [5.74, 6) is -0.283. The summed E-state index contributed by atoms with van der Waals surface area (Å²) in [6, 6.07) is 5.89. The SMILES string of the molecule is O=C(Nc1cc(Cl)ccc1NC1CC1)c1csnn1. The average Bonchev–Trinajstić information content (AvgIpc) is 3.03. The number of carbonyl (C=O) groups is 1.